The molecule has 0 saturated heterocycles. The zero-order valence-corrected chi connectivity index (χ0v) is 12.1. The SMILES string of the molecule is CCC(C)Oc1cccc(NCc2occc2C(=O)O)c1. The molecule has 2 N–H and O–H groups in total. The van der Waals surface area contributed by atoms with Crippen molar-refractivity contribution in [2.45, 2.75) is 32.9 Å². The number of benzene rings is 1. The summed E-state index contributed by atoms with van der Waals surface area (Å²) in [6, 6.07) is 9.01. The monoisotopic (exact) mass is 289 g/mol. The number of rotatable bonds is 7. The average Bonchev–Trinajstić information content (AvgIpc) is 2.94. The lowest BCUT2D eigenvalue weighted by atomic mass is 10.2. The number of anilines is 1. The smallest absolute Gasteiger partial charge is 0.339 e. The molecule has 2 rings (SSSR count). The van der Waals surface area contributed by atoms with E-state index in [0.717, 1.165) is 17.9 Å². The Balaban J connectivity index is 2.01. The molecule has 112 valence electrons. The van der Waals surface area contributed by atoms with Crippen LogP contribution in [0, 0.1) is 0 Å². The molecule has 1 atom stereocenters. The van der Waals surface area contributed by atoms with Gasteiger partial charge in [0.05, 0.1) is 18.9 Å². The highest BCUT2D eigenvalue weighted by Crippen LogP contribution is 2.20. The van der Waals surface area contributed by atoms with Crippen molar-refractivity contribution in [2.24, 2.45) is 0 Å². The van der Waals surface area contributed by atoms with Crippen molar-refractivity contribution in [3.63, 3.8) is 0 Å². The Morgan fingerprint density at radius 1 is 1.43 bits per heavy atom. The number of aromatic carboxylic acids is 1. The lowest BCUT2D eigenvalue weighted by molar-refractivity contribution is 0.0694. The van der Waals surface area contributed by atoms with Crippen molar-refractivity contribution in [1.82, 2.24) is 0 Å². The first-order valence-corrected chi connectivity index (χ1v) is 6.90. The maximum absolute atomic E-state index is 11.0. The summed E-state index contributed by atoms with van der Waals surface area (Å²) in [4.78, 5) is 11.0. The molecule has 1 aromatic heterocycles. The molecule has 0 aliphatic rings. The van der Waals surface area contributed by atoms with Crippen LogP contribution in [0.2, 0.25) is 0 Å². The van der Waals surface area contributed by atoms with Gasteiger partial charge in [-0.25, -0.2) is 4.79 Å². The van der Waals surface area contributed by atoms with Gasteiger partial charge in [-0.2, -0.15) is 0 Å². The molecule has 1 heterocycles. The molecule has 1 aromatic carbocycles. The highest BCUT2D eigenvalue weighted by molar-refractivity contribution is 5.88. The van der Waals surface area contributed by atoms with Crippen molar-refractivity contribution in [3.05, 3.63) is 47.9 Å². The van der Waals surface area contributed by atoms with Gasteiger partial charge < -0.3 is 19.6 Å². The number of hydrogen-bond donors (Lipinski definition) is 2. The van der Waals surface area contributed by atoms with E-state index in [1.807, 2.05) is 31.2 Å². The van der Waals surface area contributed by atoms with Crippen LogP contribution in [0.25, 0.3) is 0 Å². The molecule has 0 spiro atoms. The molecule has 0 aliphatic heterocycles. The fourth-order valence-electron chi connectivity index (χ4n) is 1.85. The summed E-state index contributed by atoms with van der Waals surface area (Å²) in [5, 5.41) is 12.2. The molecular formula is C16H19NO4. The Morgan fingerprint density at radius 2 is 2.24 bits per heavy atom. The topological polar surface area (TPSA) is 71.7 Å². The van der Waals surface area contributed by atoms with Crippen molar-refractivity contribution in [1.29, 1.82) is 0 Å². The summed E-state index contributed by atoms with van der Waals surface area (Å²) in [7, 11) is 0. The van der Waals surface area contributed by atoms with Crippen molar-refractivity contribution in [3.8, 4) is 5.75 Å². The van der Waals surface area contributed by atoms with Crippen molar-refractivity contribution in [2.75, 3.05) is 5.32 Å². The molecule has 2 aromatic rings. The first kappa shape index (κ1) is 15.0. The standard InChI is InChI=1S/C16H19NO4/c1-3-11(2)21-13-6-4-5-12(9-13)17-10-15-14(16(18)19)7-8-20-15/h4-9,11,17H,3,10H2,1-2H3,(H,18,19). The number of nitrogens with one attached hydrogen (secondary N) is 1. The van der Waals surface area contributed by atoms with Gasteiger partial charge in [0, 0.05) is 11.8 Å². The van der Waals surface area contributed by atoms with E-state index in [1.165, 1.54) is 12.3 Å². The number of carboxylic acid groups (broad SMARTS) is 1. The zero-order chi connectivity index (χ0) is 15.2. The first-order chi connectivity index (χ1) is 10.1. The van der Waals surface area contributed by atoms with Crippen LogP contribution in [0.15, 0.2) is 41.0 Å². The number of carboxylic acids is 1. The van der Waals surface area contributed by atoms with Gasteiger partial charge in [0.25, 0.3) is 0 Å². The zero-order valence-electron chi connectivity index (χ0n) is 12.1. The lowest BCUT2D eigenvalue weighted by Crippen LogP contribution is -2.10. The van der Waals surface area contributed by atoms with Gasteiger partial charge in [0.1, 0.15) is 17.1 Å². The van der Waals surface area contributed by atoms with Gasteiger partial charge >= 0.3 is 5.97 Å². The first-order valence-electron chi connectivity index (χ1n) is 6.90. The molecular weight excluding hydrogens is 270 g/mol. The predicted molar refractivity (Wildman–Crippen MR) is 79.8 cm³/mol. The van der Waals surface area contributed by atoms with E-state index in [4.69, 9.17) is 14.3 Å². The second-order valence-electron chi connectivity index (χ2n) is 4.78. The number of furan rings is 1. The summed E-state index contributed by atoms with van der Waals surface area (Å²) in [5.74, 6) is 0.192. The summed E-state index contributed by atoms with van der Waals surface area (Å²) < 4.78 is 10.9. The van der Waals surface area contributed by atoms with E-state index in [2.05, 4.69) is 12.2 Å². The van der Waals surface area contributed by atoms with Crippen LogP contribution >= 0.6 is 0 Å². The third-order valence-electron chi connectivity index (χ3n) is 3.18. The van der Waals surface area contributed by atoms with E-state index in [1.54, 1.807) is 0 Å². The molecule has 0 saturated carbocycles. The predicted octanol–water partition coefficient (Wildman–Crippen LogP) is 3.77. The third-order valence-corrected chi connectivity index (χ3v) is 3.18. The van der Waals surface area contributed by atoms with E-state index >= 15 is 0 Å². The summed E-state index contributed by atoms with van der Waals surface area (Å²) in [6.45, 7) is 4.39. The summed E-state index contributed by atoms with van der Waals surface area (Å²) in [6.07, 6.45) is 2.47. The van der Waals surface area contributed by atoms with Crippen LogP contribution in [-0.2, 0) is 6.54 Å². The Morgan fingerprint density at radius 3 is 2.95 bits per heavy atom. The quantitative estimate of drug-likeness (QED) is 0.812. The molecule has 0 bridgehead atoms. The highest BCUT2D eigenvalue weighted by atomic mass is 16.5. The van der Waals surface area contributed by atoms with Gasteiger partial charge in [-0.3, -0.25) is 0 Å². The second-order valence-corrected chi connectivity index (χ2v) is 4.78. The Bertz CT molecular complexity index is 606. The average molecular weight is 289 g/mol. The van der Waals surface area contributed by atoms with Gasteiger partial charge in [-0.15, -0.1) is 0 Å². The van der Waals surface area contributed by atoms with Crippen LogP contribution in [0.4, 0.5) is 5.69 Å². The Kier molecular flexibility index (Phi) is 4.87. The van der Waals surface area contributed by atoms with E-state index < -0.39 is 5.97 Å². The molecule has 5 nitrogen and oxygen atoms in total. The molecule has 0 radical (unpaired) electrons. The van der Waals surface area contributed by atoms with Crippen molar-refractivity contribution >= 4 is 11.7 Å². The maximum Gasteiger partial charge on any atom is 0.339 e. The van der Waals surface area contributed by atoms with Gasteiger partial charge in [-0.1, -0.05) is 13.0 Å². The minimum atomic E-state index is -0.991. The van der Waals surface area contributed by atoms with Crippen molar-refractivity contribution < 1.29 is 19.1 Å². The van der Waals surface area contributed by atoms with E-state index in [-0.39, 0.29) is 11.7 Å². The maximum atomic E-state index is 11.0. The van der Waals surface area contributed by atoms with Crippen LogP contribution in [0.1, 0.15) is 36.4 Å². The Hall–Kier alpha value is -2.43. The lowest BCUT2D eigenvalue weighted by Gasteiger charge is -2.13. The minimum absolute atomic E-state index is 0.156. The molecule has 0 fully saturated rings. The van der Waals surface area contributed by atoms with E-state index in [9.17, 15) is 4.79 Å². The fourth-order valence-corrected chi connectivity index (χ4v) is 1.85. The van der Waals surface area contributed by atoms with Gasteiger partial charge in [-0.05, 0) is 31.5 Å². The fraction of sp³-hybridized carbons (Fsp3) is 0.312. The molecule has 0 amide bonds. The third kappa shape index (κ3) is 4.02. The van der Waals surface area contributed by atoms with Crippen LogP contribution < -0.4 is 10.1 Å². The summed E-state index contributed by atoms with van der Waals surface area (Å²) >= 11 is 0. The summed E-state index contributed by atoms with van der Waals surface area (Å²) in [5.41, 5.74) is 1.03. The normalized spacial score (nSPS) is 11.9. The number of ether oxygens (including phenoxy) is 1. The van der Waals surface area contributed by atoms with Gasteiger partial charge in [0.2, 0.25) is 0 Å². The number of carbonyl (C=O) groups is 1. The minimum Gasteiger partial charge on any atom is -0.491 e. The second kappa shape index (κ2) is 6.83. The molecule has 1 unspecified atom stereocenters. The molecule has 21 heavy (non-hydrogen) atoms. The Labute approximate surface area is 123 Å². The van der Waals surface area contributed by atoms with Crippen LogP contribution in [0.5, 0.6) is 5.75 Å². The molecule has 5 heteroatoms. The van der Waals surface area contributed by atoms with E-state index in [0.29, 0.717) is 12.3 Å². The largest absolute Gasteiger partial charge is 0.491 e. The van der Waals surface area contributed by atoms with Gasteiger partial charge in [0.15, 0.2) is 0 Å². The highest BCUT2D eigenvalue weighted by Gasteiger charge is 2.12. The molecule has 0 aliphatic carbocycles. The number of hydrogen-bond acceptors (Lipinski definition) is 4. The van der Waals surface area contributed by atoms with Crippen LogP contribution in [0.3, 0.4) is 0 Å². The van der Waals surface area contributed by atoms with Crippen LogP contribution in [-0.4, -0.2) is 17.2 Å².